The Hall–Kier alpha value is -6.14. The fraction of sp³-hybridized carbons (Fsp3) is 0.532. The van der Waals surface area contributed by atoms with Crippen LogP contribution in [0.3, 0.4) is 0 Å². The van der Waals surface area contributed by atoms with Crippen LogP contribution in [0, 0.1) is 81.8 Å². The van der Waals surface area contributed by atoms with Gasteiger partial charge in [0.2, 0.25) is 0 Å². The number of carbonyl (C=O) groups is 2. The number of aromatic hydroxyl groups is 1. The molecule has 6 aliphatic heterocycles. The minimum atomic E-state index is -1.10. The minimum absolute atomic E-state index is 0.00699. The summed E-state index contributed by atoms with van der Waals surface area (Å²) in [6.07, 6.45) is 17.1. The number of allylic oxidation sites excluding steroid dienone is 5. The number of β-amino-alcohol motifs (C(OH)–C–C–N with tert-alkyl or cyclic N) is 1. The highest BCUT2D eigenvalue weighted by Crippen LogP contribution is 2.73. The molecule has 468 valence electrons. The molecule has 15 atom stereocenters. The Morgan fingerprint density at radius 1 is 0.854 bits per heavy atom. The molecule has 15 unspecified atom stereocenters. The molecular formula is C77H93N5O7. The van der Waals surface area contributed by atoms with Gasteiger partial charge in [0.25, 0.3) is 0 Å². The van der Waals surface area contributed by atoms with Crippen LogP contribution in [0.2, 0.25) is 0 Å². The molecule has 12 aliphatic rings. The number of hydrogen-bond acceptors (Lipinski definition) is 12. The fourth-order valence-electron chi connectivity index (χ4n) is 19.8. The van der Waals surface area contributed by atoms with Gasteiger partial charge in [-0.05, 0) is 257 Å². The van der Waals surface area contributed by atoms with E-state index >= 15 is 9.59 Å². The molecule has 14 bridgehead atoms. The molecule has 6 heterocycles. The Balaban J connectivity index is 0.970. The zero-order valence-electron chi connectivity index (χ0n) is 52.8. The summed E-state index contributed by atoms with van der Waals surface area (Å²) in [5.41, 5.74) is 10.0. The Morgan fingerprint density at radius 3 is 2.56 bits per heavy atom. The first kappa shape index (κ1) is 60.4. The van der Waals surface area contributed by atoms with Crippen molar-refractivity contribution in [2.75, 3.05) is 39.8 Å². The molecule has 4 aromatic carbocycles. The zero-order valence-corrected chi connectivity index (χ0v) is 52.8. The van der Waals surface area contributed by atoms with Crippen LogP contribution in [0.5, 0.6) is 5.75 Å². The number of carbonyl (C=O) groups excluding carboxylic acids is 2. The van der Waals surface area contributed by atoms with Gasteiger partial charge in [0.15, 0.2) is 0 Å². The molecule has 5 fully saturated rings. The number of hydrogen-bond donors (Lipinski definition) is 8. The van der Waals surface area contributed by atoms with Crippen LogP contribution in [0.15, 0.2) is 131 Å². The molecule has 12 nitrogen and oxygen atoms in total. The molecule has 2 saturated heterocycles. The van der Waals surface area contributed by atoms with Crippen LogP contribution in [0.1, 0.15) is 144 Å². The van der Waals surface area contributed by atoms with Gasteiger partial charge in [0.1, 0.15) is 17.3 Å². The summed E-state index contributed by atoms with van der Waals surface area (Å²) in [5, 5.41) is 54.3. The molecule has 1 spiro atoms. The lowest BCUT2D eigenvalue weighted by molar-refractivity contribution is -0.135. The minimum Gasteiger partial charge on any atom is -0.508 e. The number of esters is 2. The van der Waals surface area contributed by atoms with Gasteiger partial charge in [-0.3, -0.25) is 0 Å². The quantitative estimate of drug-likeness (QED) is 0.0430. The summed E-state index contributed by atoms with van der Waals surface area (Å²) in [7, 11) is 2.07. The summed E-state index contributed by atoms with van der Waals surface area (Å²) < 4.78 is 13.7. The number of ether oxygens (including phenoxy) is 2. The second-order valence-electron chi connectivity index (χ2n) is 28.8. The number of rotatable bonds is 10. The Bertz CT molecular complexity index is 3570. The Kier molecular flexibility index (Phi) is 16.8. The summed E-state index contributed by atoms with van der Waals surface area (Å²) in [6, 6.07) is 32.1. The van der Waals surface area contributed by atoms with Crippen molar-refractivity contribution >= 4 is 17.5 Å². The summed E-state index contributed by atoms with van der Waals surface area (Å²) in [6.45, 7) is 10.7. The lowest BCUT2D eigenvalue weighted by Crippen LogP contribution is -2.57. The average Bonchev–Trinajstić information content (AvgIpc) is 1.61. The van der Waals surface area contributed by atoms with Gasteiger partial charge in [-0.25, -0.2) is 9.59 Å². The number of phenols is 1. The highest BCUT2D eigenvalue weighted by atomic mass is 16.6. The Labute approximate surface area is 527 Å². The fourth-order valence-corrected chi connectivity index (χ4v) is 19.8. The molecule has 0 aromatic heterocycles. The van der Waals surface area contributed by atoms with Crippen LogP contribution in [-0.4, -0.2) is 78.9 Å². The van der Waals surface area contributed by atoms with E-state index in [9.17, 15) is 15.3 Å². The molecular weight excluding hydrogens is 1110 g/mol. The molecule has 89 heavy (non-hydrogen) atoms. The van der Waals surface area contributed by atoms with E-state index in [1.165, 1.54) is 22.3 Å². The first-order chi connectivity index (χ1) is 43.3. The zero-order chi connectivity index (χ0) is 61.2. The average molecular weight is 1200 g/mol. The van der Waals surface area contributed by atoms with Gasteiger partial charge in [0.05, 0.1) is 29.4 Å². The van der Waals surface area contributed by atoms with E-state index in [4.69, 9.17) is 9.47 Å². The molecule has 0 amide bonds. The van der Waals surface area contributed by atoms with E-state index in [-0.39, 0.29) is 89.3 Å². The maximum absolute atomic E-state index is 15.6. The number of nitrogens with one attached hydrogen (secondary N) is 5. The number of fused-ring (bicyclic) bond motifs is 6. The predicted molar refractivity (Wildman–Crippen MR) is 348 cm³/mol. The maximum atomic E-state index is 15.6. The lowest BCUT2D eigenvalue weighted by Gasteiger charge is -2.56. The highest BCUT2D eigenvalue weighted by Gasteiger charge is 2.69. The molecule has 3 saturated carbocycles. The summed E-state index contributed by atoms with van der Waals surface area (Å²) in [5.74, 6) is 8.55. The molecule has 4 aromatic rings. The number of aliphatic hydroxyl groups is 2. The van der Waals surface area contributed by atoms with Crippen molar-refractivity contribution < 1.29 is 34.4 Å². The third kappa shape index (κ3) is 11.0. The second kappa shape index (κ2) is 24.8. The van der Waals surface area contributed by atoms with E-state index in [1.54, 1.807) is 6.07 Å². The maximum Gasteiger partial charge on any atom is 0.340 e. The van der Waals surface area contributed by atoms with Crippen molar-refractivity contribution in [2.45, 2.75) is 148 Å². The number of benzene rings is 4. The highest BCUT2D eigenvalue weighted by molar-refractivity contribution is 6.07. The van der Waals surface area contributed by atoms with Crippen LogP contribution in [0.4, 0.5) is 0 Å². The third-order valence-electron chi connectivity index (χ3n) is 23.6. The van der Waals surface area contributed by atoms with Crippen LogP contribution < -0.4 is 26.6 Å². The van der Waals surface area contributed by atoms with Gasteiger partial charge in [-0.15, -0.1) is 0 Å². The van der Waals surface area contributed by atoms with E-state index in [0.29, 0.717) is 61.3 Å². The van der Waals surface area contributed by atoms with Crippen molar-refractivity contribution in [1.29, 1.82) is 0 Å². The molecule has 12 heteroatoms. The second-order valence-corrected chi connectivity index (χ2v) is 28.8. The van der Waals surface area contributed by atoms with E-state index in [1.807, 2.05) is 25.1 Å². The normalized spacial score (nSPS) is 34.6. The van der Waals surface area contributed by atoms with E-state index in [0.717, 1.165) is 142 Å². The van der Waals surface area contributed by atoms with Gasteiger partial charge < -0.3 is 51.4 Å². The monoisotopic (exact) mass is 1200 g/mol. The number of phenolic OH excluding ortho intramolecular Hbond substituents is 1. The van der Waals surface area contributed by atoms with E-state index in [2.05, 4.69) is 138 Å². The SMILES string of the molecule is CCCNCc1cc2cc(c1)C1NCC(C)(O)CC#CC(CO)CC3CC4(CC=C5OC(=O)C6=C5CCC5C7CCC8(C(=CC(CC)Cc9ccccc9)OC(=O)C8=C7c7cc(O)ccc7-c7cccc(c7)CNCC2)C65)C2CC(NC)NCC2CCC4C31. The topological polar surface area (TPSA) is 173 Å². The van der Waals surface area contributed by atoms with E-state index < -0.39 is 11.0 Å². The van der Waals surface area contributed by atoms with Crippen molar-refractivity contribution in [3.8, 4) is 28.7 Å². The number of cyclic esters (lactones) is 1. The molecule has 6 aliphatic carbocycles. The standard InChI is InChI=1S/C77H93N5O7/c1-5-29-79-42-51-32-48-25-30-80-41-49-14-10-16-52(34-49)57-19-18-56(84)38-61(57)68-58-23-28-77(65(89-74(86)71(68)77)37-46(6-2)31-47-12-8-7-9-13-47)70-59(58)20-21-60-64(88-73(85)69(60)70)24-27-76-40-55-35-50(44-83)15-11-26-75(3,87)45-82-72(54(33-48)36-51)67(55)62(76)22-17-53-43-81-66(78-4)39-63(53)76/h7-10,12-14,16,18-19,24,32-34,36-38,46,50,53,55,58-59,62-63,66-67,70,72,78-84,87H,5-6,17,20-23,25-31,35,39-45H2,1-4H3. The van der Waals surface area contributed by atoms with Crippen LogP contribution in [-0.2, 0) is 45.0 Å². The smallest absolute Gasteiger partial charge is 0.340 e. The molecule has 16 rings (SSSR count). The largest absolute Gasteiger partial charge is 0.508 e. The number of piperidine rings is 1. The van der Waals surface area contributed by atoms with Crippen molar-refractivity contribution in [2.24, 2.45) is 70.0 Å². The van der Waals surface area contributed by atoms with Crippen molar-refractivity contribution in [1.82, 2.24) is 26.6 Å². The molecule has 0 radical (unpaired) electrons. The van der Waals surface area contributed by atoms with Crippen LogP contribution in [0.25, 0.3) is 16.7 Å². The van der Waals surface area contributed by atoms with Crippen molar-refractivity contribution in [3.63, 3.8) is 0 Å². The first-order valence-corrected chi connectivity index (χ1v) is 34.1. The lowest BCUT2D eigenvalue weighted by atomic mass is 9.44. The molecule has 8 N–H and O–H groups in total. The van der Waals surface area contributed by atoms with Gasteiger partial charge in [0, 0.05) is 55.1 Å². The first-order valence-electron chi connectivity index (χ1n) is 34.1. The third-order valence-corrected chi connectivity index (χ3v) is 23.6. The van der Waals surface area contributed by atoms with Gasteiger partial charge in [-0.2, -0.15) is 0 Å². The number of aliphatic hydroxyl groups excluding tert-OH is 1. The predicted octanol–water partition coefficient (Wildman–Crippen LogP) is 11.5. The van der Waals surface area contributed by atoms with Gasteiger partial charge >= 0.3 is 11.9 Å². The van der Waals surface area contributed by atoms with Crippen LogP contribution >= 0.6 is 0 Å². The Morgan fingerprint density at radius 2 is 1.73 bits per heavy atom. The van der Waals surface area contributed by atoms with Gasteiger partial charge in [-0.1, -0.05) is 98.5 Å². The van der Waals surface area contributed by atoms with Crippen molar-refractivity contribution in [3.05, 3.63) is 165 Å². The summed E-state index contributed by atoms with van der Waals surface area (Å²) >= 11 is 0. The summed E-state index contributed by atoms with van der Waals surface area (Å²) in [4.78, 5) is 31.1.